The monoisotopic (exact) mass is 210 g/mol. The van der Waals surface area contributed by atoms with E-state index in [9.17, 15) is 0 Å². The number of rotatable bonds is 6. The van der Waals surface area contributed by atoms with Crippen LogP contribution in [0.5, 0.6) is 5.88 Å². The van der Waals surface area contributed by atoms with E-state index in [1.165, 1.54) is 0 Å². The van der Waals surface area contributed by atoms with E-state index in [-0.39, 0.29) is 6.04 Å². The van der Waals surface area contributed by atoms with Crippen molar-refractivity contribution in [2.45, 2.75) is 26.3 Å². The second-order valence-corrected chi connectivity index (χ2v) is 3.20. The maximum Gasteiger partial charge on any atom is 0.225 e. The Bertz CT molecular complexity index is 293. The zero-order chi connectivity index (χ0) is 11.1. The number of aromatic nitrogens is 2. The predicted octanol–water partition coefficient (Wildman–Crippen LogP) is 1.02. The maximum absolute atomic E-state index is 5.77. The molecule has 0 saturated carbocycles. The average molecular weight is 210 g/mol. The molecule has 3 N–H and O–H groups in total. The van der Waals surface area contributed by atoms with Crippen molar-refractivity contribution in [3.05, 3.63) is 12.3 Å². The van der Waals surface area contributed by atoms with Crippen LogP contribution in [0.4, 0.5) is 5.95 Å². The smallest absolute Gasteiger partial charge is 0.225 e. The first-order valence-corrected chi connectivity index (χ1v) is 5.21. The standard InChI is InChI=1S/C10H18N4O/c1-3-8(11)7-13-10-12-6-5-9(14-10)15-4-2/h5-6,8H,3-4,7,11H2,1-2H3,(H,12,13,14). The summed E-state index contributed by atoms with van der Waals surface area (Å²) in [5, 5.41) is 3.07. The third-order valence-corrected chi connectivity index (χ3v) is 1.97. The Morgan fingerprint density at radius 3 is 3.00 bits per heavy atom. The summed E-state index contributed by atoms with van der Waals surface area (Å²) in [7, 11) is 0. The highest BCUT2D eigenvalue weighted by atomic mass is 16.5. The molecule has 1 heterocycles. The van der Waals surface area contributed by atoms with E-state index in [4.69, 9.17) is 10.5 Å². The van der Waals surface area contributed by atoms with Crippen molar-refractivity contribution in [1.82, 2.24) is 9.97 Å². The third kappa shape index (κ3) is 4.12. The number of anilines is 1. The highest BCUT2D eigenvalue weighted by Crippen LogP contribution is 2.07. The Balaban J connectivity index is 2.50. The molecule has 0 spiro atoms. The van der Waals surface area contributed by atoms with Crippen molar-refractivity contribution in [3.63, 3.8) is 0 Å². The van der Waals surface area contributed by atoms with Crippen LogP contribution in [-0.4, -0.2) is 29.2 Å². The Morgan fingerprint density at radius 1 is 1.53 bits per heavy atom. The second kappa shape index (κ2) is 6.19. The summed E-state index contributed by atoms with van der Waals surface area (Å²) in [4.78, 5) is 8.24. The third-order valence-electron chi connectivity index (χ3n) is 1.97. The van der Waals surface area contributed by atoms with Crippen molar-refractivity contribution in [2.24, 2.45) is 5.73 Å². The maximum atomic E-state index is 5.77. The average Bonchev–Trinajstić information content (AvgIpc) is 2.27. The quantitative estimate of drug-likeness (QED) is 0.733. The molecular formula is C10H18N4O. The summed E-state index contributed by atoms with van der Waals surface area (Å²) in [6.07, 6.45) is 2.59. The first kappa shape index (κ1) is 11.7. The molecule has 0 radical (unpaired) electrons. The SMILES string of the molecule is CCOc1ccnc(NCC(N)CC)n1. The van der Waals surface area contributed by atoms with Gasteiger partial charge in [-0.3, -0.25) is 0 Å². The highest BCUT2D eigenvalue weighted by molar-refractivity contribution is 5.27. The Morgan fingerprint density at radius 2 is 2.33 bits per heavy atom. The van der Waals surface area contributed by atoms with Gasteiger partial charge in [0.15, 0.2) is 0 Å². The van der Waals surface area contributed by atoms with E-state index >= 15 is 0 Å². The number of nitrogens with one attached hydrogen (secondary N) is 1. The summed E-state index contributed by atoms with van der Waals surface area (Å²) in [6.45, 7) is 5.24. The Labute approximate surface area is 90.1 Å². The summed E-state index contributed by atoms with van der Waals surface area (Å²) in [5.41, 5.74) is 5.77. The molecule has 5 nitrogen and oxygen atoms in total. The number of nitrogens with zero attached hydrogens (tertiary/aromatic N) is 2. The van der Waals surface area contributed by atoms with Gasteiger partial charge in [0.05, 0.1) is 6.61 Å². The fraction of sp³-hybridized carbons (Fsp3) is 0.600. The van der Waals surface area contributed by atoms with Crippen LogP contribution in [0.2, 0.25) is 0 Å². The molecule has 0 bridgehead atoms. The first-order valence-electron chi connectivity index (χ1n) is 5.21. The van der Waals surface area contributed by atoms with Crippen molar-refractivity contribution in [1.29, 1.82) is 0 Å². The van der Waals surface area contributed by atoms with E-state index < -0.39 is 0 Å². The summed E-state index contributed by atoms with van der Waals surface area (Å²) >= 11 is 0. The van der Waals surface area contributed by atoms with E-state index in [1.807, 2.05) is 13.8 Å². The van der Waals surface area contributed by atoms with E-state index in [0.29, 0.717) is 25.0 Å². The van der Waals surface area contributed by atoms with Crippen LogP contribution in [0, 0.1) is 0 Å². The molecule has 84 valence electrons. The minimum absolute atomic E-state index is 0.129. The number of hydrogen-bond donors (Lipinski definition) is 2. The summed E-state index contributed by atoms with van der Waals surface area (Å²) < 4.78 is 5.26. The van der Waals surface area contributed by atoms with Gasteiger partial charge in [-0.1, -0.05) is 6.92 Å². The lowest BCUT2D eigenvalue weighted by molar-refractivity contribution is 0.326. The molecule has 5 heteroatoms. The van der Waals surface area contributed by atoms with Gasteiger partial charge >= 0.3 is 0 Å². The molecule has 1 unspecified atom stereocenters. The van der Waals surface area contributed by atoms with Crippen molar-refractivity contribution in [3.8, 4) is 5.88 Å². The molecule has 0 aromatic carbocycles. The zero-order valence-electron chi connectivity index (χ0n) is 9.23. The van der Waals surface area contributed by atoms with Gasteiger partial charge in [0.2, 0.25) is 11.8 Å². The van der Waals surface area contributed by atoms with Gasteiger partial charge in [0.1, 0.15) is 0 Å². The Hall–Kier alpha value is -1.36. The molecule has 0 amide bonds. The molecule has 0 saturated heterocycles. The zero-order valence-corrected chi connectivity index (χ0v) is 9.23. The number of hydrogen-bond acceptors (Lipinski definition) is 5. The van der Waals surface area contributed by atoms with Crippen LogP contribution >= 0.6 is 0 Å². The molecule has 0 aliphatic carbocycles. The van der Waals surface area contributed by atoms with Crippen LogP contribution in [-0.2, 0) is 0 Å². The van der Waals surface area contributed by atoms with Gasteiger partial charge in [0.25, 0.3) is 0 Å². The Kier molecular flexibility index (Phi) is 4.83. The number of ether oxygens (including phenoxy) is 1. The molecule has 0 fully saturated rings. The molecule has 1 aromatic rings. The molecule has 1 aromatic heterocycles. The van der Waals surface area contributed by atoms with Crippen LogP contribution < -0.4 is 15.8 Å². The lowest BCUT2D eigenvalue weighted by Crippen LogP contribution is -2.28. The lowest BCUT2D eigenvalue weighted by atomic mass is 10.2. The van der Waals surface area contributed by atoms with Crippen LogP contribution in [0.15, 0.2) is 12.3 Å². The summed E-state index contributed by atoms with van der Waals surface area (Å²) in [5.74, 6) is 1.14. The highest BCUT2D eigenvalue weighted by Gasteiger charge is 2.01. The fourth-order valence-electron chi connectivity index (χ4n) is 1.02. The molecular weight excluding hydrogens is 192 g/mol. The topological polar surface area (TPSA) is 73.1 Å². The van der Waals surface area contributed by atoms with Gasteiger partial charge < -0.3 is 15.8 Å². The molecule has 1 rings (SSSR count). The fourth-order valence-corrected chi connectivity index (χ4v) is 1.02. The molecule has 0 aliphatic rings. The lowest BCUT2D eigenvalue weighted by Gasteiger charge is -2.10. The van der Waals surface area contributed by atoms with E-state index in [2.05, 4.69) is 15.3 Å². The van der Waals surface area contributed by atoms with Crippen LogP contribution in [0.25, 0.3) is 0 Å². The van der Waals surface area contributed by atoms with Gasteiger partial charge in [-0.05, 0) is 13.3 Å². The minimum Gasteiger partial charge on any atom is -0.478 e. The van der Waals surface area contributed by atoms with Gasteiger partial charge in [0, 0.05) is 24.8 Å². The normalized spacial score (nSPS) is 12.2. The van der Waals surface area contributed by atoms with Crippen molar-refractivity contribution >= 4 is 5.95 Å². The largest absolute Gasteiger partial charge is 0.478 e. The van der Waals surface area contributed by atoms with Crippen molar-refractivity contribution in [2.75, 3.05) is 18.5 Å². The first-order chi connectivity index (χ1) is 7.26. The van der Waals surface area contributed by atoms with Gasteiger partial charge in [-0.2, -0.15) is 4.98 Å². The number of nitrogens with two attached hydrogens (primary N) is 1. The minimum atomic E-state index is 0.129. The summed E-state index contributed by atoms with van der Waals surface area (Å²) in [6, 6.07) is 1.86. The predicted molar refractivity (Wildman–Crippen MR) is 60.0 cm³/mol. The van der Waals surface area contributed by atoms with Crippen molar-refractivity contribution < 1.29 is 4.74 Å². The van der Waals surface area contributed by atoms with Crippen LogP contribution in [0.1, 0.15) is 20.3 Å². The van der Waals surface area contributed by atoms with E-state index in [1.54, 1.807) is 12.3 Å². The molecule has 15 heavy (non-hydrogen) atoms. The molecule has 0 aliphatic heterocycles. The van der Waals surface area contributed by atoms with Gasteiger partial charge in [-0.15, -0.1) is 0 Å². The second-order valence-electron chi connectivity index (χ2n) is 3.20. The molecule has 1 atom stereocenters. The van der Waals surface area contributed by atoms with E-state index in [0.717, 1.165) is 6.42 Å². The van der Waals surface area contributed by atoms with Gasteiger partial charge in [-0.25, -0.2) is 4.98 Å². The van der Waals surface area contributed by atoms with Crippen LogP contribution in [0.3, 0.4) is 0 Å².